The molecule has 2 aromatic carbocycles. The molecule has 11 heteroatoms. The van der Waals surface area contributed by atoms with Gasteiger partial charge < -0.3 is 36.4 Å². The van der Waals surface area contributed by atoms with E-state index >= 15 is 0 Å². The van der Waals surface area contributed by atoms with Crippen LogP contribution in [0.1, 0.15) is 15.2 Å². The average molecular weight is 520 g/mol. The zero-order chi connectivity index (χ0) is 26.0. The average Bonchev–Trinajstić information content (AvgIpc) is 3.36. The van der Waals surface area contributed by atoms with Crippen molar-refractivity contribution in [2.75, 3.05) is 36.2 Å². The van der Waals surface area contributed by atoms with E-state index in [4.69, 9.17) is 9.94 Å². The minimum absolute atomic E-state index is 0.246. The third-order valence-electron chi connectivity index (χ3n) is 5.34. The van der Waals surface area contributed by atoms with Gasteiger partial charge in [0.05, 0.1) is 24.0 Å². The lowest BCUT2D eigenvalue weighted by molar-refractivity contribution is 0.0105. The summed E-state index contributed by atoms with van der Waals surface area (Å²) in [7, 11) is 1.56. The molecular formula is C26H27N6O4S-. The van der Waals surface area contributed by atoms with Crippen molar-refractivity contribution >= 4 is 45.2 Å². The normalized spacial score (nSPS) is 11.3. The predicted molar refractivity (Wildman–Crippen MR) is 146 cm³/mol. The number of ether oxygens (including phenoxy) is 1. The molecule has 0 atom stereocenters. The van der Waals surface area contributed by atoms with Gasteiger partial charge in [-0.1, -0.05) is 24.3 Å². The molecule has 192 valence electrons. The number of hydrogen-bond acceptors (Lipinski definition) is 10. The lowest BCUT2D eigenvalue weighted by Crippen LogP contribution is -2.25. The monoisotopic (exact) mass is 519 g/mol. The van der Waals surface area contributed by atoms with E-state index in [-0.39, 0.29) is 17.0 Å². The van der Waals surface area contributed by atoms with E-state index in [0.717, 1.165) is 28.4 Å². The van der Waals surface area contributed by atoms with Crippen LogP contribution in [0.5, 0.6) is 0 Å². The lowest BCUT2D eigenvalue weighted by Gasteiger charge is -2.21. The number of nitrogens with one attached hydrogen (secondary N) is 4. The number of hydroxylamine groups is 2. The highest BCUT2D eigenvalue weighted by Gasteiger charge is 2.14. The number of rotatable bonds is 12. The van der Waals surface area contributed by atoms with Gasteiger partial charge in [-0.3, -0.25) is 15.0 Å². The number of amides is 1. The molecule has 10 nitrogen and oxygen atoms in total. The largest absolute Gasteiger partial charge is 0.734 e. The highest BCUT2D eigenvalue weighted by atomic mass is 32.1. The first kappa shape index (κ1) is 25.9. The zero-order valence-electron chi connectivity index (χ0n) is 20.1. The van der Waals surface area contributed by atoms with Gasteiger partial charge in [-0.05, 0) is 47.3 Å². The Kier molecular flexibility index (Phi) is 8.89. The van der Waals surface area contributed by atoms with Crippen LogP contribution in [0.25, 0.3) is 10.9 Å². The van der Waals surface area contributed by atoms with Crippen LogP contribution in [0.2, 0.25) is 0 Å². The number of aromatic nitrogens is 1. The number of nitrogens with zero attached hydrogens (tertiary/aromatic N) is 2. The first-order chi connectivity index (χ1) is 18.0. The third-order valence-corrected chi connectivity index (χ3v) is 6.25. The van der Waals surface area contributed by atoms with Crippen LogP contribution in [0, 0.1) is 5.21 Å². The molecule has 0 radical (unpaired) electrons. The van der Waals surface area contributed by atoms with Gasteiger partial charge in [-0.25, -0.2) is 0 Å². The van der Waals surface area contributed by atoms with Gasteiger partial charge in [0.1, 0.15) is 10.7 Å². The molecule has 2 aromatic heterocycles. The van der Waals surface area contributed by atoms with Gasteiger partial charge in [0.15, 0.2) is 0 Å². The lowest BCUT2D eigenvalue weighted by atomic mass is 10.1. The van der Waals surface area contributed by atoms with E-state index < -0.39 is 0 Å². The molecule has 1 amide bonds. The maximum absolute atomic E-state index is 13.1. The highest BCUT2D eigenvalue weighted by Crippen LogP contribution is 2.26. The number of anilines is 3. The Hall–Kier alpha value is -4.16. The van der Waals surface area contributed by atoms with Crippen LogP contribution in [-0.2, 0) is 11.3 Å². The minimum Gasteiger partial charge on any atom is -0.734 e. The predicted octanol–water partition coefficient (Wildman–Crippen LogP) is 4.80. The van der Waals surface area contributed by atoms with E-state index in [0.29, 0.717) is 35.9 Å². The molecule has 0 aliphatic heterocycles. The van der Waals surface area contributed by atoms with Crippen molar-refractivity contribution in [1.29, 1.82) is 0 Å². The van der Waals surface area contributed by atoms with Gasteiger partial charge in [0, 0.05) is 43.2 Å². The number of methoxy groups -OCH3 is 1. The Balaban J connectivity index is 1.42. The SMILES string of the molecule is COCCN/C(=C\N([O-])O)Nc1cccc(NC(=O)c2sccc2NCc2ccnc3ccccc23)c1. The fourth-order valence-electron chi connectivity index (χ4n) is 3.66. The summed E-state index contributed by atoms with van der Waals surface area (Å²) in [6.07, 6.45) is 2.74. The van der Waals surface area contributed by atoms with Crippen molar-refractivity contribution in [3.05, 3.63) is 99.9 Å². The van der Waals surface area contributed by atoms with Gasteiger partial charge in [0.25, 0.3) is 5.91 Å². The number of carbonyl (C=O) groups is 1. The number of pyridine rings is 1. The van der Waals surface area contributed by atoms with Gasteiger partial charge >= 0.3 is 0 Å². The molecule has 0 aliphatic carbocycles. The summed E-state index contributed by atoms with van der Waals surface area (Å²) in [5.74, 6) is 0.0238. The Bertz CT molecular complexity index is 1370. The first-order valence-electron chi connectivity index (χ1n) is 11.5. The van der Waals surface area contributed by atoms with Crippen LogP contribution in [0.15, 0.2) is 84.3 Å². The van der Waals surface area contributed by atoms with E-state index in [1.54, 1.807) is 37.6 Å². The van der Waals surface area contributed by atoms with E-state index in [1.807, 2.05) is 41.8 Å². The van der Waals surface area contributed by atoms with Crippen LogP contribution in [-0.4, -0.2) is 41.6 Å². The fourth-order valence-corrected chi connectivity index (χ4v) is 4.43. The highest BCUT2D eigenvalue weighted by molar-refractivity contribution is 7.12. The van der Waals surface area contributed by atoms with Gasteiger partial charge in [-0.2, -0.15) is 0 Å². The number of para-hydroxylation sites is 1. The Morgan fingerprint density at radius 3 is 2.76 bits per heavy atom. The maximum atomic E-state index is 13.1. The second-order valence-corrected chi connectivity index (χ2v) is 8.85. The molecule has 5 N–H and O–H groups in total. The molecule has 0 fully saturated rings. The molecule has 37 heavy (non-hydrogen) atoms. The minimum atomic E-state index is -0.298. The first-order valence-corrected chi connectivity index (χ1v) is 12.3. The van der Waals surface area contributed by atoms with Crippen molar-refractivity contribution < 1.29 is 14.7 Å². The van der Waals surface area contributed by atoms with E-state index in [1.165, 1.54) is 11.3 Å². The fraction of sp³-hybridized carbons (Fsp3) is 0.154. The summed E-state index contributed by atoms with van der Waals surface area (Å²) in [6.45, 7) is 1.38. The zero-order valence-corrected chi connectivity index (χ0v) is 20.9. The standard InChI is InChI=1S/C26H27N6O4S/c1-36-13-12-28-24(17-32(34)35)30-19-5-4-6-20(15-19)31-26(33)25-23(10-14-37-25)29-16-18-9-11-27-22-8-3-2-7-21(18)22/h2-11,14-15,17,28-30,34H,12-13,16H2,1H3,(H,31,33)/q-1/b24-17+. The molecule has 0 spiro atoms. The van der Waals surface area contributed by atoms with Crippen LogP contribution >= 0.6 is 11.3 Å². The molecule has 0 bridgehead atoms. The molecule has 2 heterocycles. The van der Waals surface area contributed by atoms with E-state index in [9.17, 15) is 10.0 Å². The summed E-state index contributed by atoms with van der Waals surface area (Å²) < 4.78 is 4.99. The number of benzene rings is 2. The number of hydrogen-bond donors (Lipinski definition) is 5. The van der Waals surface area contributed by atoms with E-state index in [2.05, 4.69) is 26.3 Å². The van der Waals surface area contributed by atoms with Crippen molar-refractivity contribution in [2.24, 2.45) is 0 Å². The number of thiophene rings is 1. The van der Waals surface area contributed by atoms with Crippen molar-refractivity contribution in [3.63, 3.8) is 0 Å². The Morgan fingerprint density at radius 1 is 1.14 bits per heavy atom. The van der Waals surface area contributed by atoms with Crippen molar-refractivity contribution in [3.8, 4) is 0 Å². The number of fused-ring (bicyclic) bond motifs is 1. The van der Waals surface area contributed by atoms with Crippen LogP contribution in [0.4, 0.5) is 17.1 Å². The van der Waals surface area contributed by atoms with Gasteiger partial charge in [-0.15, -0.1) is 11.3 Å². The van der Waals surface area contributed by atoms with Crippen LogP contribution < -0.4 is 21.3 Å². The number of carbonyl (C=O) groups excluding carboxylic acids is 1. The third kappa shape index (κ3) is 7.18. The maximum Gasteiger partial charge on any atom is 0.267 e. The van der Waals surface area contributed by atoms with Crippen LogP contribution in [0.3, 0.4) is 0 Å². The summed E-state index contributed by atoms with van der Waals surface area (Å²) in [5.41, 5.74) is 3.92. The summed E-state index contributed by atoms with van der Waals surface area (Å²) in [5, 5.41) is 35.0. The van der Waals surface area contributed by atoms with Crippen molar-refractivity contribution in [2.45, 2.75) is 6.54 Å². The van der Waals surface area contributed by atoms with Crippen molar-refractivity contribution in [1.82, 2.24) is 15.5 Å². The molecule has 0 saturated heterocycles. The molecule has 0 unspecified atom stereocenters. The smallest absolute Gasteiger partial charge is 0.267 e. The molecular weight excluding hydrogens is 492 g/mol. The summed E-state index contributed by atoms with van der Waals surface area (Å²) in [6, 6.07) is 18.8. The molecule has 4 aromatic rings. The Labute approximate surface area is 218 Å². The second-order valence-electron chi connectivity index (χ2n) is 7.93. The topological polar surface area (TPSA) is 134 Å². The molecule has 4 rings (SSSR count). The molecule has 0 saturated carbocycles. The quantitative estimate of drug-likeness (QED) is 0.132. The van der Waals surface area contributed by atoms with Gasteiger partial charge in [0.2, 0.25) is 0 Å². The summed E-state index contributed by atoms with van der Waals surface area (Å²) >= 11 is 1.35. The second kappa shape index (κ2) is 12.7. The Morgan fingerprint density at radius 2 is 1.95 bits per heavy atom. The summed E-state index contributed by atoms with van der Waals surface area (Å²) in [4.78, 5) is 18.0. The molecule has 0 aliphatic rings.